The summed E-state index contributed by atoms with van der Waals surface area (Å²) in [6, 6.07) is 3.97. The van der Waals surface area contributed by atoms with Crippen LogP contribution in [-0.2, 0) is 11.2 Å². The average molecular weight is 282 g/mol. The molecule has 1 saturated carbocycles. The lowest BCUT2D eigenvalue weighted by molar-refractivity contribution is -0.151. The Morgan fingerprint density at radius 2 is 2.00 bits per heavy atom. The lowest BCUT2D eigenvalue weighted by Gasteiger charge is -2.36. The highest BCUT2D eigenvalue weighted by Gasteiger charge is 2.42. The summed E-state index contributed by atoms with van der Waals surface area (Å²) in [5.41, 5.74) is -0.775. The van der Waals surface area contributed by atoms with Crippen LogP contribution < -0.4 is 0 Å². The van der Waals surface area contributed by atoms with E-state index < -0.39 is 23.0 Å². The number of rotatable bonds is 4. The van der Waals surface area contributed by atoms with Crippen LogP contribution >= 0.6 is 0 Å². The Balaban J connectivity index is 2.22. The number of carboxylic acid groups (broad SMARTS) is 1. The van der Waals surface area contributed by atoms with Crippen molar-refractivity contribution in [3.05, 3.63) is 35.4 Å². The highest BCUT2D eigenvalue weighted by Crippen LogP contribution is 2.43. The van der Waals surface area contributed by atoms with E-state index in [0.717, 1.165) is 25.3 Å². The Labute approximate surface area is 117 Å². The fourth-order valence-corrected chi connectivity index (χ4v) is 3.15. The van der Waals surface area contributed by atoms with Gasteiger partial charge in [0.1, 0.15) is 0 Å². The summed E-state index contributed by atoms with van der Waals surface area (Å²) < 4.78 is 27.0. The van der Waals surface area contributed by atoms with Gasteiger partial charge in [-0.15, -0.1) is 0 Å². The second-order valence-corrected chi connectivity index (χ2v) is 5.83. The van der Waals surface area contributed by atoms with Gasteiger partial charge in [0.15, 0.2) is 11.6 Å². The molecule has 0 aliphatic heterocycles. The first-order valence-electron chi connectivity index (χ1n) is 7.15. The van der Waals surface area contributed by atoms with Crippen LogP contribution in [0.15, 0.2) is 18.2 Å². The van der Waals surface area contributed by atoms with Crippen LogP contribution in [-0.4, -0.2) is 11.1 Å². The zero-order valence-electron chi connectivity index (χ0n) is 11.7. The van der Waals surface area contributed by atoms with Gasteiger partial charge in [0.25, 0.3) is 0 Å². The standard InChI is InChI=1S/C16H20F2O2/c1-2-11-6-8-16(9-7-11,15(19)20)10-12-4-3-5-13(17)14(12)18/h3-5,11H,2,6-10H2,1H3,(H,19,20). The topological polar surface area (TPSA) is 37.3 Å². The molecule has 4 heteroatoms. The van der Waals surface area contributed by atoms with E-state index in [1.165, 1.54) is 12.1 Å². The van der Waals surface area contributed by atoms with Crippen LogP contribution in [0.3, 0.4) is 0 Å². The van der Waals surface area contributed by atoms with Crippen LogP contribution in [0, 0.1) is 23.0 Å². The summed E-state index contributed by atoms with van der Waals surface area (Å²) in [6.07, 6.45) is 3.89. The summed E-state index contributed by atoms with van der Waals surface area (Å²) in [5.74, 6) is -2.16. The van der Waals surface area contributed by atoms with Gasteiger partial charge < -0.3 is 5.11 Å². The number of carboxylic acids is 1. The summed E-state index contributed by atoms with van der Waals surface area (Å²) in [6.45, 7) is 2.10. The minimum absolute atomic E-state index is 0.0718. The van der Waals surface area contributed by atoms with E-state index >= 15 is 0 Å². The third-order valence-corrected chi connectivity index (χ3v) is 4.65. The number of hydrogen-bond donors (Lipinski definition) is 1. The van der Waals surface area contributed by atoms with E-state index in [4.69, 9.17) is 0 Å². The zero-order chi connectivity index (χ0) is 14.8. The smallest absolute Gasteiger partial charge is 0.309 e. The number of benzene rings is 1. The second kappa shape index (κ2) is 5.90. The Bertz CT molecular complexity index is 491. The quantitative estimate of drug-likeness (QED) is 0.899. The van der Waals surface area contributed by atoms with E-state index in [-0.39, 0.29) is 12.0 Å². The van der Waals surface area contributed by atoms with Crippen molar-refractivity contribution in [2.45, 2.75) is 45.4 Å². The van der Waals surface area contributed by atoms with E-state index in [1.807, 2.05) is 0 Å². The Hall–Kier alpha value is -1.45. The van der Waals surface area contributed by atoms with Gasteiger partial charge >= 0.3 is 5.97 Å². The van der Waals surface area contributed by atoms with Gasteiger partial charge in [-0.25, -0.2) is 8.78 Å². The average Bonchev–Trinajstić information content (AvgIpc) is 2.44. The molecule has 0 heterocycles. The third-order valence-electron chi connectivity index (χ3n) is 4.65. The van der Waals surface area contributed by atoms with Crippen LogP contribution in [0.4, 0.5) is 8.78 Å². The molecule has 0 spiro atoms. The zero-order valence-corrected chi connectivity index (χ0v) is 11.7. The van der Waals surface area contributed by atoms with Gasteiger partial charge in [0.2, 0.25) is 0 Å². The van der Waals surface area contributed by atoms with Crippen molar-refractivity contribution < 1.29 is 18.7 Å². The van der Waals surface area contributed by atoms with Crippen molar-refractivity contribution >= 4 is 5.97 Å². The largest absolute Gasteiger partial charge is 0.481 e. The number of halogens is 2. The molecule has 1 N–H and O–H groups in total. The molecule has 2 nitrogen and oxygen atoms in total. The lowest BCUT2D eigenvalue weighted by Crippen LogP contribution is -2.37. The highest BCUT2D eigenvalue weighted by molar-refractivity contribution is 5.75. The number of carbonyl (C=O) groups is 1. The van der Waals surface area contributed by atoms with Gasteiger partial charge in [-0.1, -0.05) is 25.5 Å². The fourth-order valence-electron chi connectivity index (χ4n) is 3.15. The molecule has 1 fully saturated rings. The van der Waals surface area contributed by atoms with Crippen LogP contribution in [0.25, 0.3) is 0 Å². The second-order valence-electron chi connectivity index (χ2n) is 5.83. The van der Waals surface area contributed by atoms with Gasteiger partial charge in [-0.2, -0.15) is 0 Å². The predicted molar refractivity (Wildman–Crippen MR) is 72.4 cm³/mol. The maximum absolute atomic E-state index is 13.8. The summed E-state index contributed by atoms with van der Waals surface area (Å²) >= 11 is 0. The number of aliphatic carboxylic acids is 1. The first kappa shape index (κ1) is 14.9. The van der Waals surface area contributed by atoms with Gasteiger partial charge in [0.05, 0.1) is 5.41 Å². The molecule has 0 radical (unpaired) electrons. The maximum atomic E-state index is 13.8. The molecule has 1 aliphatic rings. The molecule has 2 rings (SSSR count). The molecule has 0 saturated heterocycles. The molecule has 1 aromatic carbocycles. The van der Waals surface area contributed by atoms with Crippen molar-refractivity contribution in [1.82, 2.24) is 0 Å². The molecular formula is C16H20F2O2. The van der Waals surface area contributed by atoms with E-state index in [0.29, 0.717) is 18.8 Å². The fraction of sp³-hybridized carbons (Fsp3) is 0.562. The van der Waals surface area contributed by atoms with Crippen molar-refractivity contribution in [1.29, 1.82) is 0 Å². The highest BCUT2D eigenvalue weighted by atomic mass is 19.2. The molecule has 1 aromatic rings. The normalized spacial score (nSPS) is 26.4. The van der Waals surface area contributed by atoms with Gasteiger partial charge in [-0.3, -0.25) is 4.79 Å². The minimum Gasteiger partial charge on any atom is -0.481 e. The van der Waals surface area contributed by atoms with E-state index in [1.54, 1.807) is 0 Å². The monoisotopic (exact) mass is 282 g/mol. The van der Waals surface area contributed by atoms with E-state index in [9.17, 15) is 18.7 Å². The van der Waals surface area contributed by atoms with Crippen LogP contribution in [0.2, 0.25) is 0 Å². The Kier molecular flexibility index (Phi) is 4.41. The molecule has 0 amide bonds. The SMILES string of the molecule is CCC1CCC(Cc2cccc(F)c2F)(C(=O)O)CC1. The van der Waals surface area contributed by atoms with E-state index in [2.05, 4.69) is 6.92 Å². The maximum Gasteiger partial charge on any atom is 0.309 e. The molecule has 0 bridgehead atoms. The molecule has 1 aliphatic carbocycles. The lowest BCUT2D eigenvalue weighted by atomic mass is 9.67. The predicted octanol–water partition coefficient (Wildman–Crippen LogP) is 4.18. The molecule has 0 aromatic heterocycles. The molecule has 110 valence electrons. The number of hydrogen-bond acceptors (Lipinski definition) is 1. The summed E-state index contributed by atoms with van der Waals surface area (Å²) in [4.78, 5) is 11.7. The van der Waals surface area contributed by atoms with Crippen molar-refractivity contribution in [3.8, 4) is 0 Å². The molecule has 0 atom stereocenters. The van der Waals surface area contributed by atoms with Crippen molar-refractivity contribution in [2.75, 3.05) is 0 Å². The van der Waals surface area contributed by atoms with Crippen molar-refractivity contribution in [3.63, 3.8) is 0 Å². The molecule has 20 heavy (non-hydrogen) atoms. The first-order valence-corrected chi connectivity index (χ1v) is 7.15. The third kappa shape index (κ3) is 2.84. The van der Waals surface area contributed by atoms with Crippen LogP contribution in [0.5, 0.6) is 0 Å². The van der Waals surface area contributed by atoms with Crippen molar-refractivity contribution in [2.24, 2.45) is 11.3 Å². The van der Waals surface area contributed by atoms with Crippen LogP contribution in [0.1, 0.15) is 44.6 Å². The summed E-state index contributed by atoms with van der Waals surface area (Å²) in [5, 5.41) is 9.55. The first-order chi connectivity index (χ1) is 9.48. The Morgan fingerprint density at radius 3 is 2.55 bits per heavy atom. The van der Waals surface area contributed by atoms with Gasteiger partial charge in [-0.05, 0) is 49.7 Å². The van der Waals surface area contributed by atoms with Gasteiger partial charge in [0, 0.05) is 0 Å². The molecule has 0 unspecified atom stereocenters. The molecular weight excluding hydrogens is 262 g/mol. The minimum atomic E-state index is -0.944. The Morgan fingerprint density at radius 1 is 1.35 bits per heavy atom. The summed E-state index contributed by atoms with van der Waals surface area (Å²) in [7, 11) is 0.